The van der Waals surface area contributed by atoms with Crippen molar-refractivity contribution in [2.75, 3.05) is 0 Å². The summed E-state index contributed by atoms with van der Waals surface area (Å²) >= 11 is 1.70. The van der Waals surface area contributed by atoms with Crippen LogP contribution in [-0.4, -0.2) is 4.98 Å². The molecule has 2 nitrogen and oxygen atoms in total. The van der Waals surface area contributed by atoms with Gasteiger partial charge in [-0.15, -0.1) is 0 Å². The first-order valence-electron chi connectivity index (χ1n) is 8.57. The second kappa shape index (κ2) is 7.36. The minimum Gasteiger partial charge on any atom is -0.309 e. The van der Waals surface area contributed by atoms with Crippen molar-refractivity contribution < 1.29 is 4.39 Å². The third-order valence-electron chi connectivity index (χ3n) is 4.39. The lowest BCUT2D eigenvalue weighted by atomic mass is 10.0. The average molecular weight is 362 g/mol. The highest BCUT2D eigenvalue weighted by Crippen LogP contribution is 2.26. The Labute approximate surface area is 156 Å². The van der Waals surface area contributed by atoms with Crippen molar-refractivity contribution in [2.24, 2.45) is 0 Å². The summed E-state index contributed by atoms with van der Waals surface area (Å²) in [7, 11) is 0. The topological polar surface area (TPSA) is 24.9 Å². The van der Waals surface area contributed by atoms with Crippen molar-refractivity contribution in [3.63, 3.8) is 0 Å². The normalized spacial score (nSPS) is 11.2. The highest BCUT2D eigenvalue weighted by atomic mass is 32.1. The molecule has 0 aliphatic heterocycles. The molecule has 0 radical (unpaired) electrons. The third kappa shape index (κ3) is 3.66. The van der Waals surface area contributed by atoms with Gasteiger partial charge in [-0.25, -0.2) is 9.37 Å². The van der Waals surface area contributed by atoms with Crippen molar-refractivity contribution in [1.82, 2.24) is 10.3 Å². The van der Waals surface area contributed by atoms with Gasteiger partial charge in [-0.05, 0) is 77.3 Å². The van der Waals surface area contributed by atoms with Crippen LogP contribution in [0.1, 0.15) is 16.7 Å². The van der Waals surface area contributed by atoms with E-state index in [0.29, 0.717) is 6.54 Å². The Hall–Kier alpha value is -2.56. The molecule has 4 rings (SSSR count). The van der Waals surface area contributed by atoms with Crippen LogP contribution in [0.4, 0.5) is 4.39 Å². The lowest BCUT2D eigenvalue weighted by Crippen LogP contribution is -2.13. The molecule has 26 heavy (non-hydrogen) atoms. The number of pyridine rings is 1. The van der Waals surface area contributed by atoms with Crippen molar-refractivity contribution in [1.29, 1.82) is 0 Å². The maximum absolute atomic E-state index is 13.3. The molecule has 0 saturated heterocycles. The van der Waals surface area contributed by atoms with Crippen molar-refractivity contribution in [2.45, 2.75) is 20.0 Å². The Balaban J connectivity index is 1.71. The first-order valence-corrected chi connectivity index (χ1v) is 9.51. The van der Waals surface area contributed by atoms with E-state index in [-0.39, 0.29) is 5.82 Å². The number of halogens is 1. The summed E-state index contributed by atoms with van der Waals surface area (Å²) in [6.45, 7) is 3.61. The molecule has 1 N–H and O–H groups in total. The van der Waals surface area contributed by atoms with Gasteiger partial charge in [-0.3, -0.25) is 0 Å². The largest absolute Gasteiger partial charge is 0.309 e. The zero-order valence-electron chi connectivity index (χ0n) is 14.5. The van der Waals surface area contributed by atoms with Gasteiger partial charge in [0, 0.05) is 24.0 Å². The van der Waals surface area contributed by atoms with Gasteiger partial charge in [-0.2, -0.15) is 11.3 Å². The minimum atomic E-state index is -0.234. The zero-order valence-corrected chi connectivity index (χ0v) is 15.3. The van der Waals surface area contributed by atoms with Crippen molar-refractivity contribution in [3.8, 4) is 11.3 Å². The van der Waals surface area contributed by atoms with Crippen LogP contribution < -0.4 is 5.32 Å². The van der Waals surface area contributed by atoms with Crippen molar-refractivity contribution in [3.05, 3.63) is 87.9 Å². The van der Waals surface area contributed by atoms with Crippen LogP contribution in [0, 0.1) is 12.7 Å². The SMILES string of the molecule is Cc1ccc2nc(-c3ccc(F)cc3)c(CNCc3ccsc3)cc2c1. The molecular weight excluding hydrogens is 343 g/mol. The van der Waals surface area contributed by atoms with E-state index in [1.165, 1.54) is 23.3 Å². The molecule has 130 valence electrons. The molecule has 4 heteroatoms. The molecule has 0 unspecified atom stereocenters. The minimum absolute atomic E-state index is 0.234. The predicted molar refractivity (Wildman–Crippen MR) is 107 cm³/mol. The molecule has 0 spiro atoms. The maximum atomic E-state index is 13.3. The van der Waals surface area contributed by atoms with Gasteiger partial charge in [-0.1, -0.05) is 11.6 Å². The van der Waals surface area contributed by atoms with Gasteiger partial charge in [0.2, 0.25) is 0 Å². The van der Waals surface area contributed by atoms with Gasteiger partial charge in [0.1, 0.15) is 5.82 Å². The summed E-state index contributed by atoms with van der Waals surface area (Å²) < 4.78 is 13.3. The summed E-state index contributed by atoms with van der Waals surface area (Å²) in [5.41, 5.74) is 6.40. The van der Waals surface area contributed by atoms with Crippen LogP contribution in [-0.2, 0) is 13.1 Å². The maximum Gasteiger partial charge on any atom is 0.123 e. The number of nitrogens with one attached hydrogen (secondary N) is 1. The van der Waals surface area contributed by atoms with E-state index in [1.807, 2.05) is 6.07 Å². The molecule has 2 aromatic carbocycles. The first-order chi connectivity index (χ1) is 12.7. The molecule has 2 aromatic heterocycles. The van der Waals surface area contributed by atoms with E-state index in [4.69, 9.17) is 4.98 Å². The highest BCUT2D eigenvalue weighted by molar-refractivity contribution is 7.07. The predicted octanol–water partition coefficient (Wildman–Crippen LogP) is 5.70. The van der Waals surface area contributed by atoms with Crippen LogP contribution in [0.15, 0.2) is 65.4 Å². The number of thiophene rings is 1. The van der Waals surface area contributed by atoms with E-state index >= 15 is 0 Å². The number of nitrogens with zero attached hydrogens (tertiary/aromatic N) is 1. The van der Waals surface area contributed by atoms with Crippen LogP contribution in [0.3, 0.4) is 0 Å². The van der Waals surface area contributed by atoms with Gasteiger partial charge in [0.15, 0.2) is 0 Å². The number of hydrogen-bond acceptors (Lipinski definition) is 3. The molecule has 0 aliphatic carbocycles. The van der Waals surface area contributed by atoms with Crippen molar-refractivity contribution >= 4 is 22.2 Å². The van der Waals surface area contributed by atoms with E-state index in [2.05, 4.69) is 47.3 Å². The van der Waals surface area contributed by atoms with Crippen LogP contribution >= 0.6 is 11.3 Å². The van der Waals surface area contributed by atoms with Crippen LogP contribution in [0.5, 0.6) is 0 Å². The monoisotopic (exact) mass is 362 g/mol. The molecule has 4 aromatic rings. The Morgan fingerprint density at radius 1 is 1.00 bits per heavy atom. The molecule has 0 amide bonds. The number of rotatable bonds is 5. The van der Waals surface area contributed by atoms with E-state index < -0.39 is 0 Å². The number of fused-ring (bicyclic) bond motifs is 1. The summed E-state index contributed by atoms with van der Waals surface area (Å²) in [5.74, 6) is -0.234. The Kier molecular flexibility index (Phi) is 4.78. The van der Waals surface area contributed by atoms with Gasteiger partial charge in [0.05, 0.1) is 11.2 Å². The summed E-state index contributed by atoms with van der Waals surface area (Å²) in [4.78, 5) is 4.87. The van der Waals surface area contributed by atoms with E-state index in [1.54, 1.807) is 23.5 Å². The van der Waals surface area contributed by atoms with Gasteiger partial charge >= 0.3 is 0 Å². The standard InChI is InChI=1S/C22H19FN2S/c1-15-2-7-21-18(10-15)11-19(13-24-12-16-8-9-26-14-16)22(25-21)17-3-5-20(23)6-4-17/h2-11,14,24H,12-13H2,1H3. The molecule has 2 heterocycles. The molecule has 0 fully saturated rings. The lowest BCUT2D eigenvalue weighted by Gasteiger charge is -2.12. The fraction of sp³-hybridized carbons (Fsp3) is 0.136. The Morgan fingerprint density at radius 3 is 2.62 bits per heavy atom. The first kappa shape index (κ1) is 16.9. The second-order valence-electron chi connectivity index (χ2n) is 6.43. The van der Waals surface area contributed by atoms with Crippen LogP contribution in [0.2, 0.25) is 0 Å². The quantitative estimate of drug-likeness (QED) is 0.492. The number of aryl methyl sites for hydroxylation is 1. The molecular formula is C22H19FN2S. The summed E-state index contributed by atoms with van der Waals surface area (Å²) in [6, 6.07) is 17.1. The summed E-state index contributed by atoms with van der Waals surface area (Å²) in [6.07, 6.45) is 0. The second-order valence-corrected chi connectivity index (χ2v) is 7.21. The fourth-order valence-corrected chi connectivity index (χ4v) is 3.74. The lowest BCUT2D eigenvalue weighted by molar-refractivity contribution is 0.628. The number of hydrogen-bond donors (Lipinski definition) is 1. The Bertz CT molecular complexity index is 1020. The van der Waals surface area contributed by atoms with Crippen LogP contribution in [0.25, 0.3) is 22.2 Å². The molecule has 0 atom stereocenters. The molecule has 0 saturated carbocycles. The number of benzene rings is 2. The molecule has 0 aliphatic rings. The number of aromatic nitrogens is 1. The van der Waals surface area contributed by atoms with Gasteiger partial charge < -0.3 is 5.32 Å². The fourth-order valence-electron chi connectivity index (χ4n) is 3.07. The zero-order chi connectivity index (χ0) is 17.9. The Morgan fingerprint density at radius 2 is 1.85 bits per heavy atom. The molecule has 0 bridgehead atoms. The average Bonchev–Trinajstić information content (AvgIpc) is 3.15. The van der Waals surface area contributed by atoms with Gasteiger partial charge in [0.25, 0.3) is 0 Å². The smallest absolute Gasteiger partial charge is 0.123 e. The van der Waals surface area contributed by atoms with E-state index in [9.17, 15) is 4.39 Å². The van der Waals surface area contributed by atoms with E-state index in [0.717, 1.165) is 34.3 Å². The third-order valence-corrected chi connectivity index (χ3v) is 5.12. The summed E-state index contributed by atoms with van der Waals surface area (Å²) in [5, 5.41) is 8.86. The highest BCUT2D eigenvalue weighted by Gasteiger charge is 2.10.